The largest absolute Gasteiger partial charge is 0.756 e. The van der Waals surface area contributed by atoms with Gasteiger partial charge in [0.05, 0.1) is 40.0 Å². The van der Waals surface area contributed by atoms with Crippen LogP contribution in [-0.2, 0) is 37.4 Å². The molecule has 0 aliphatic carbocycles. The molecule has 330 valence electrons. The summed E-state index contributed by atoms with van der Waals surface area (Å²) in [5.74, 6) is -0.913. The highest BCUT2D eigenvalue weighted by molar-refractivity contribution is 7.45. The molecule has 3 unspecified atom stereocenters. The minimum atomic E-state index is -4.64. The van der Waals surface area contributed by atoms with Crippen molar-refractivity contribution in [2.75, 3.05) is 47.5 Å². The summed E-state index contributed by atoms with van der Waals surface area (Å²) in [6.45, 7) is 4.10. The molecule has 0 aromatic heterocycles. The summed E-state index contributed by atoms with van der Waals surface area (Å²) in [5.41, 5.74) is 0. The molecule has 4 atom stereocenters. The minimum Gasteiger partial charge on any atom is -0.756 e. The second kappa shape index (κ2) is 34.8. The minimum absolute atomic E-state index is 0.0437. The first kappa shape index (κ1) is 52.9. The van der Waals surface area contributed by atoms with E-state index in [2.05, 4.69) is 62.5 Å². The molecule has 1 heterocycles. The van der Waals surface area contributed by atoms with E-state index in [0.717, 1.165) is 57.8 Å². The van der Waals surface area contributed by atoms with E-state index in [-0.39, 0.29) is 26.1 Å². The van der Waals surface area contributed by atoms with Crippen molar-refractivity contribution in [2.24, 2.45) is 0 Å². The molecule has 57 heavy (non-hydrogen) atoms. The van der Waals surface area contributed by atoms with Crippen molar-refractivity contribution in [2.45, 2.75) is 186 Å². The molecule has 0 spiro atoms. The molecule has 0 N–H and O–H groups in total. The highest BCUT2D eigenvalue weighted by Crippen LogP contribution is 2.38. The SMILES string of the molecule is CCCCC/C=C\CC1OC1C/C=C\C/C=C\CCCC(=O)OC[C@H](COP(=O)([O-])OCC[N+](C)(C)C)OC(=O)CCCCCCCCC/C=C\CCCCCC. The molecular weight excluding hydrogens is 741 g/mol. The van der Waals surface area contributed by atoms with Gasteiger partial charge in [-0.25, -0.2) is 0 Å². The zero-order chi connectivity index (χ0) is 41.9. The third kappa shape index (κ3) is 35.6. The lowest BCUT2D eigenvalue weighted by Gasteiger charge is -2.28. The average molecular weight is 824 g/mol. The molecule has 10 nitrogen and oxygen atoms in total. The molecular formula is C46H82NO9P. The van der Waals surface area contributed by atoms with Gasteiger partial charge in [-0.3, -0.25) is 14.2 Å². The first-order valence-electron chi connectivity index (χ1n) is 22.5. The number of carbonyl (C=O) groups excluding carboxylic acids is 2. The molecule has 1 aliphatic heterocycles. The van der Waals surface area contributed by atoms with Gasteiger partial charge in [0.1, 0.15) is 19.8 Å². The Morgan fingerprint density at radius 2 is 1.12 bits per heavy atom. The number of likely N-dealkylation sites (N-methyl/N-ethyl adjacent to an activating group) is 1. The summed E-state index contributed by atoms with van der Waals surface area (Å²) >= 11 is 0. The van der Waals surface area contributed by atoms with Crippen molar-refractivity contribution in [3.8, 4) is 0 Å². The smallest absolute Gasteiger partial charge is 0.306 e. The summed E-state index contributed by atoms with van der Waals surface area (Å²) < 4.78 is 39.6. The van der Waals surface area contributed by atoms with Crippen molar-refractivity contribution in [1.82, 2.24) is 0 Å². The molecule has 0 aromatic rings. The van der Waals surface area contributed by atoms with Crippen LogP contribution in [0.5, 0.6) is 0 Å². The quantitative estimate of drug-likeness (QED) is 0.0149. The van der Waals surface area contributed by atoms with Gasteiger partial charge in [-0.15, -0.1) is 0 Å². The number of epoxide rings is 1. The highest BCUT2D eigenvalue weighted by atomic mass is 31.2. The Labute approximate surface area is 348 Å². The molecule has 1 rings (SSSR count). The Morgan fingerprint density at radius 3 is 1.77 bits per heavy atom. The van der Waals surface area contributed by atoms with Gasteiger partial charge in [0, 0.05) is 12.8 Å². The molecule has 11 heteroatoms. The number of ether oxygens (including phenoxy) is 3. The van der Waals surface area contributed by atoms with E-state index in [4.69, 9.17) is 23.3 Å². The lowest BCUT2D eigenvalue weighted by Crippen LogP contribution is -2.37. The summed E-state index contributed by atoms with van der Waals surface area (Å²) in [7, 11) is 1.12. The molecule has 1 saturated heterocycles. The van der Waals surface area contributed by atoms with E-state index < -0.39 is 32.5 Å². The van der Waals surface area contributed by atoms with Crippen LogP contribution in [0.1, 0.15) is 168 Å². The summed E-state index contributed by atoms with van der Waals surface area (Å²) in [5, 5.41) is 0. The maximum absolute atomic E-state index is 12.7. The van der Waals surface area contributed by atoms with Crippen LogP contribution in [0.15, 0.2) is 48.6 Å². The summed E-state index contributed by atoms with van der Waals surface area (Å²) in [6.07, 6.45) is 41.7. The van der Waals surface area contributed by atoms with Gasteiger partial charge in [-0.2, -0.15) is 0 Å². The number of nitrogens with zero attached hydrogens (tertiary/aromatic N) is 1. The number of hydrogen-bond donors (Lipinski definition) is 0. The molecule has 1 fully saturated rings. The maximum Gasteiger partial charge on any atom is 0.306 e. The number of quaternary nitrogens is 1. The first-order chi connectivity index (χ1) is 27.5. The number of rotatable bonds is 39. The van der Waals surface area contributed by atoms with Crippen molar-refractivity contribution in [1.29, 1.82) is 0 Å². The van der Waals surface area contributed by atoms with Crippen LogP contribution in [0.3, 0.4) is 0 Å². The Kier molecular flexibility index (Phi) is 32.3. The maximum atomic E-state index is 12.7. The summed E-state index contributed by atoms with van der Waals surface area (Å²) in [6, 6.07) is 0. The van der Waals surface area contributed by atoms with Crippen molar-refractivity contribution >= 4 is 19.8 Å². The highest BCUT2D eigenvalue weighted by Gasteiger charge is 2.36. The van der Waals surface area contributed by atoms with E-state index >= 15 is 0 Å². The van der Waals surface area contributed by atoms with E-state index in [1.807, 2.05) is 21.1 Å². The van der Waals surface area contributed by atoms with E-state index in [0.29, 0.717) is 36.1 Å². The normalized spacial score (nSPS) is 17.6. The standard InChI is InChI=1S/C46H82NO9P/c1-6-8-10-12-14-15-16-17-18-19-20-21-24-29-33-37-46(49)55-42(41-54-57(50,51)53-39-38-47(3,4)5)40-52-45(48)36-32-28-25-22-23-27-31-35-44-43(56-44)34-30-26-13-11-9-7-2/h15-16,22,25-27,30-31,42-44H,6-14,17-21,23-24,28-29,32-41H2,1-5H3/b16-15-,25-22-,30-26-,31-27-/t42-,43?,44?/m1/s1. The van der Waals surface area contributed by atoms with E-state index in [1.54, 1.807) is 0 Å². The number of carbonyl (C=O) groups is 2. The number of hydrogen-bond acceptors (Lipinski definition) is 9. The van der Waals surface area contributed by atoms with Gasteiger partial charge in [-0.05, 0) is 77.0 Å². The van der Waals surface area contributed by atoms with Gasteiger partial charge in [0.15, 0.2) is 6.10 Å². The number of phosphoric acid groups is 1. The number of esters is 2. The average Bonchev–Trinajstić information content (AvgIpc) is 3.92. The van der Waals surface area contributed by atoms with Gasteiger partial charge in [0.2, 0.25) is 0 Å². The number of phosphoric ester groups is 1. The molecule has 0 radical (unpaired) electrons. The van der Waals surface area contributed by atoms with Gasteiger partial charge >= 0.3 is 11.9 Å². The monoisotopic (exact) mass is 824 g/mol. The predicted octanol–water partition coefficient (Wildman–Crippen LogP) is 11.0. The second-order valence-corrected chi connectivity index (χ2v) is 17.9. The molecule has 1 aliphatic rings. The molecule has 0 bridgehead atoms. The van der Waals surface area contributed by atoms with Crippen LogP contribution in [-0.4, -0.2) is 82.2 Å². The van der Waals surface area contributed by atoms with E-state index in [9.17, 15) is 19.0 Å². The van der Waals surface area contributed by atoms with Crippen LogP contribution < -0.4 is 4.89 Å². The first-order valence-corrected chi connectivity index (χ1v) is 23.9. The van der Waals surface area contributed by atoms with Gasteiger partial charge < -0.3 is 32.6 Å². The summed E-state index contributed by atoms with van der Waals surface area (Å²) in [4.78, 5) is 37.5. The van der Waals surface area contributed by atoms with E-state index in [1.165, 1.54) is 70.6 Å². The van der Waals surface area contributed by atoms with Crippen LogP contribution in [0.2, 0.25) is 0 Å². The topological polar surface area (TPSA) is 124 Å². The Hall–Kier alpha value is -2.07. The Morgan fingerprint density at radius 1 is 0.632 bits per heavy atom. The van der Waals surface area contributed by atoms with Crippen LogP contribution in [0.4, 0.5) is 0 Å². The lowest BCUT2D eigenvalue weighted by molar-refractivity contribution is -0.870. The Bertz CT molecular complexity index is 1180. The van der Waals surface area contributed by atoms with Crippen molar-refractivity contribution in [3.63, 3.8) is 0 Å². The predicted molar refractivity (Wildman–Crippen MR) is 231 cm³/mol. The lowest BCUT2D eigenvalue weighted by atomic mass is 10.1. The zero-order valence-electron chi connectivity index (χ0n) is 36.7. The van der Waals surface area contributed by atoms with Gasteiger partial charge in [-0.1, -0.05) is 127 Å². The molecule has 0 amide bonds. The van der Waals surface area contributed by atoms with Crippen molar-refractivity contribution < 1.29 is 46.8 Å². The fourth-order valence-electron chi connectivity index (χ4n) is 6.03. The van der Waals surface area contributed by atoms with Crippen LogP contribution in [0, 0.1) is 0 Å². The van der Waals surface area contributed by atoms with Crippen LogP contribution in [0.25, 0.3) is 0 Å². The third-order valence-corrected chi connectivity index (χ3v) is 10.7. The molecule has 0 saturated carbocycles. The number of unbranched alkanes of at least 4 members (excludes halogenated alkanes) is 15. The fraction of sp³-hybridized carbons (Fsp3) is 0.783. The van der Waals surface area contributed by atoms with Crippen LogP contribution >= 0.6 is 7.82 Å². The number of allylic oxidation sites excluding steroid dienone is 6. The Balaban J connectivity index is 2.32. The second-order valence-electron chi connectivity index (χ2n) is 16.4. The fourth-order valence-corrected chi connectivity index (χ4v) is 6.76. The molecule has 0 aromatic carbocycles. The van der Waals surface area contributed by atoms with Gasteiger partial charge in [0.25, 0.3) is 7.82 Å². The third-order valence-electron chi connectivity index (χ3n) is 9.72. The van der Waals surface area contributed by atoms with Crippen molar-refractivity contribution in [3.05, 3.63) is 48.6 Å². The zero-order valence-corrected chi connectivity index (χ0v) is 37.6.